The maximum Gasteiger partial charge on any atom is 0.407 e. The molecule has 0 spiro atoms. The van der Waals surface area contributed by atoms with Gasteiger partial charge in [-0.3, -0.25) is 0 Å². The summed E-state index contributed by atoms with van der Waals surface area (Å²) >= 11 is 6.45. The topological polar surface area (TPSA) is 112 Å². The fourth-order valence-electron chi connectivity index (χ4n) is 4.98. The molecule has 0 bridgehead atoms. The smallest absolute Gasteiger partial charge is 0.407 e. The third-order valence-electron chi connectivity index (χ3n) is 6.70. The van der Waals surface area contributed by atoms with E-state index < -0.39 is 40.9 Å². The first kappa shape index (κ1) is 27.2. The maximum atomic E-state index is 16.2. The lowest BCUT2D eigenvalue weighted by Crippen LogP contribution is -2.55. The number of rotatable bonds is 6. The molecule has 40 heavy (non-hydrogen) atoms. The second kappa shape index (κ2) is 11.0. The molecule has 1 aromatic heterocycles. The Bertz CT molecular complexity index is 1680. The molecule has 1 aliphatic heterocycles. The van der Waals surface area contributed by atoms with Crippen LogP contribution in [0.15, 0.2) is 36.4 Å². The second-order valence-electron chi connectivity index (χ2n) is 9.06. The number of carboxylic acid groups (broad SMARTS) is 1. The van der Waals surface area contributed by atoms with Crippen LogP contribution in [0.1, 0.15) is 6.42 Å². The number of piperazine rings is 1. The number of amides is 1. The number of fused-ring (bicyclic) bond motifs is 2. The van der Waals surface area contributed by atoms with Crippen LogP contribution in [-0.4, -0.2) is 65.6 Å². The zero-order valence-electron chi connectivity index (χ0n) is 21.0. The largest absolute Gasteiger partial charge is 0.468 e. The lowest BCUT2D eigenvalue weighted by Gasteiger charge is -2.39. The summed E-state index contributed by atoms with van der Waals surface area (Å²) in [7, 11) is 1.43. The van der Waals surface area contributed by atoms with E-state index in [1.165, 1.54) is 18.1 Å². The lowest BCUT2D eigenvalue weighted by atomic mass is 9.95. The highest BCUT2D eigenvalue weighted by Gasteiger charge is 2.33. The van der Waals surface area contributed by atoms with Crippen LogP contribution in [0.4, 0.5) is 23.8 Å². The van der Waals surface area contributed by atoms with Crippen molar-refractivity contribution in [1.29, 1.82) is 5.26 Å². The van der Waals surface area contributed by atoms with Crippen LogP contribution >= 0.6 is 11.6 Å². The molecule has 1 fully saturated rings. The minimum atomic E-state index is -1.25. The highest BCUT2D eigenvalue weighted by molar-refractivity contribution is 6.36. The number of halogens is 4. The van der Waals surface area contributed by atoms with Crippen LogP contribution in [0.3, 0.4) is 0 Å². The maximum absolute atomic E-state index is 16.2. The molecular formula is C27H21ClF3N5O4. The highest BCUT2D eigenvalue weighted by Crippen LogP contribution is 2.42. The zero-order valence-corrected chi connectivity index (χ0v) is 21.8. The van der Waals surface area contributed by atoms with Crippen molar-refractivity contribution in [1.82, 2.24) is 14.9 Å². The Labute approximate surface area is 230 Å². The minimum Gasteiger partial charge on any atom is -0.468 e. The molecule has 1 N–H and O–H groups in total. The number of nitriles is 1. The van der Waals surface area contributed by atoms with Gasteiger partial charge in [0.05, 0.1) is 24.1 Å². The van der Waals surface area contributed by atoms with Crippen molar-refractivity contribution in [2.45, 2.75) is 12.5 Å². The molecule has 206 valence electrons. The number of ether oxygens (including phenoxy) is 2. The quantitative estimate of drug-likeness (QED) is 0.236. The van der Waals surface area contributed by atoms with Gasteiger partial charge in [0.25, 0.3) is 0 Å². The number of methoxy groups -OCH3 is 1. The molecule has 9 nitrogen and oxygen atoms in total. The van der Waals surface area contributed by atoms with Crippen molar-refractivity contribution < 1.29 is 32.5 Å². The van der Waals surface area contributed by atoms with Gasteiger partial charge in [-0.2, -0.15) is 19.6 Å². The average Bonchev–Trinajstić information content (AvgIpc) is 2.92. The molecule has 0 radical (unpaired) electrons. The minimum absolute atomic E-state index is 0.0173. The van der Waals surface area contributed by atoms with Gasteiger partial charge in [0.15, 0.2) is 12.6 Å². The van der Waals surface area contributed by atoms with Crippen LogP contribution in [0.5, 0.6) is 5.75 Å². The van der Waals surface area contributed by atoms with E-state index in [2.05, 4.69) is 9.97 Å². The zero-order chi connectivity index (χ0) is 28.6. The third kappa shape index (κ3) is 4.89. The van der Waals surface area contributed by atoms with E-state index in [1.54, 1.807) is 24.3 Å². The van der Waals surface area contributed by atoms with Crippen LogP contribution in [0.2, 0.25) is 5.02 Å². The highest BCUT2D eigenvalue weighted by atomic mass is 35.5. The summed E-state index contributed by atoms with van der Waals surface area (Å²) in [6, 6.07) is 10.2. The molecule has 4 aromatic rings. The fourth-order valence-corrected chi connectivity index (χ4v) is 5.27. The number of nitrogens with zero attached hydrogens (tertiary/aromatic N) is 5. The number of aromatic nitrogens is 2. The Hall–Kier alpha value is -4.34. The summed E-state index contributed by atoms with van der Waals surface area (Å²) in [6.45, 7) is -0.103. The van der Waals surface area contributed by atoms with Gasteiger partial charge in [0.1, 0.15) is 22.9 Å². The molecule has 0 saturated carbocycles. The summed E-state index contributed by atoms with van der Waals surface area (Å²) < 4.78 is 57.3. The van der Waals surface area contributed by atoms with E-state index in [0.717, 1.165) is 11.0 Å². The van der Waals surface area contributed by atoms with Crippen molar-refractivity contribution in [2.75, 3.05) is 38.4 Å². The number of hydrogen-bond donors (Lipinski definition) is 1. The summed E-state index contributed by atoms with van der Waals surface area (Å²) in [5, 5.41) is 19.7. The first-order valence-corrected chi connectivity index (χ1v) is 12.4. The van der Waals surface area contributed by atoms with Crippen molar-refractivity contribution in [2.24, 2.45) is 0 Å². The molecule has 0 unspecified atom stereocenters. The molecule has 0 aliphatic carbocycles. The van der Waals surface area contributed by atoms with Gasteiger partial charge in [0.2, 0.25) is 0 Å². The molecule has 5 rings (SSSR count). The van der Waals surface area contributed by atoms with Gasteiger partial charge in [-0.25, -0.2) is 13.6 Å². The first-order chi connectivity index (χ1) is 19.2. The van der Waals surface area contributed by atoms with E-state index >= 15 is 8.78 Å². The van der Waals surface area contributed by atoms with Crippen molar-refractivity contribution in [3.63, 3.8) is 0 Å². The van der Waals surface area contributed by atoms with Crippen LogP contribution in [-0.2, 0) is 4.74 Å². The summed E-state index contributed by atoms with van der Waals surface area (Å²) in [5.41, 5.74) is -0.897. The van der Waals surface area contributed by atoms with Gasteiger partial charge >= 0.3 is 12.2 Å². The Morgan fingerprint density at radius 2 is 2.02 bits per heavy atom. The Morgan fingerprint density at radius 1 is 1.23 bits per heavy atom. The van der Waals surface area contributed by atoms with Gasteiger partial charge in [-0.05, 0) is 29.7 Å². The van der Waals surface area contributed by atoms with Crippen LogP contribution in [0.25, 0.3) is 32.8 Å². The van der Waals surface area contributed by atoms with Crippen molar-refractivity contribution in [3.8, 4) is 22.9 Å². The second-order valence-corrected chi connectivity index (χ2v) is 9.46. The molecule has 1 amide bonds. The summed E-state index contributed by atoms with van der Waals surface area (Å²) in [5.74, 6) is -1.97. The molecule has 13 heteroatoms. The molecular weight excluding hydrogens is 551 g/mol. The number of hydrogen-bond acceptors (Lipinski definition) is 7. The third-order valence-corrected chi connectivity index (χ3v) is 7.02. The fraction of sp³-hybridized carbons (Fsp3) is 0.259. The van der Waals surface area contributed by atoms with E-state index in [4.69, 9.17) is 26.3 Å². The monoisotopic (exact) mass is 571 g/mol. The van der Waals surface area contributed by atoms with E-state index in [0.29, 0.717) is 10.8 Å². The van der Waals surface area contributed by atoms with E-state index in [1.807, 2.05) is 6.07 Å². The van der Waals surface area contributed by atoms with Gasteiger partial charge in [-0.15, -0.1) is 0 Å². The molecule has 1 aliphatic rings. The first-order valence-electron chi connectivity index (χ1n) is 12.0. The molecule has 3 aromatic carbocycles. The Kier molecular flexibility index (Phi) is 7.51. The predicted molar refractivity (Wildman–Crippen MR) is 141 cm³/mol. The van der Waals surface area contributed by atoms with Gasteiger partial charge < -0.3 is 24.4 Å². The van der Waals surface area contributed by atoms with Crippen LogP contribution < -0.4 is 9.64 Å². The van der Waals surface area contributed by atoms with Crippen molar-refractivity contribution >= 4 is 45.2 Å². The Morgan fingerprint density at radius 3 is 2.75 bits per heavy atom. The van der Waals surface area contributed by atoms with Gasteiger partial charge in [0, 0.05) is 48.1 Å². The Balaban J connectivity index is 1.69. The average molecular weight is 572 g/mol. The molecule has 1 atom stereocenters. The summed E-state index contributed by atoms with van der Waals surface area (Å²) in [6.07, 6.45) is -2.59. The van der Waals surface area contributed by atoms with Crippen LogP contribution in [0, 0.1) is 29.0 Å². The molecule has 1 saturated heterocycles. The van der Waals surface area contributed by atoms with E-state index in [-0.39, 0.29) is 60.4 Å². The SMILES string of the molecule is COCOc1cc(-c2c(F)cc3c(N4CCN(C(=O)O)[C@@H](CC#N)C4)nc(F)nc3c2F)c2c(Cl)cccc2c1. The van der Waals surface area contributed by atoms with Crippen molar-refractivity contribution in [3.05, 3.63) is 59.1 Å². The van der Waals surface area contributed by atoms with E-state index in [9.17, 15) is 14.3 Å². The summed E-state index contributed by atoms with van der Waals surface area (Å²) in [4.78, 5) is 21.6. The number of carbonyl (C=O) groups is 1. The molecule has 2 heterocycles. The number of anilines is 1. The van der Waals surface area contributed by atoms with Gasteiger partial charge in [-0.1, -0.05) is 23.7 Å². The number of benzene rings is 3. The predicted octanol–water partition coefficient (Wildman–Crippen LogP) is 5.59. The standard InChI is InChI=1S/C27H21ClF3N5O4/c1-39-13-40-16-9-14-3-2-4-19(28)21(14)17(10-16)22-20(29)11-18-24(23(22)30)33-26(31)34-25(18)35-7-8-36(27(37)38)15(12-35)5-6-32/h2-4,9-11,15H,5,7-8,12-13H2,1H3,(H,37,38)/t15-/m0/s1. The normalized spacial score (nSPS) is 15.4. The lowest BCUT2D eigenvalue weighted by molar-refractivity contribution is 0.0512.